The number of ether oxygens (including phenoxy) is 1. The molecule has 0 saturated carbocycles. The van der Waals surface area contributed by atoms with E-state index in [9.17, 15) is 23.6 Å². The summed E-state index contributed by atoms with van der Waals surface area (Å²) in [5.41, 5.74) is 2.53. The van der Waals surface area contributed by atoms with Crippen LogP contribution in [0.15, 0.2) is 34.1 Å². The molecule has 1 unspecified atom stereocenters. The highest BCUT2D eigenvalue weighted by Crippen LogP contribution is 2.30. The van der Waals surface area contributed by atoms with E-state index in [4.69, 9.17) is 9.84 Å². The van der Waals surface area contributed by atoms with Gasteiger partial charge in [0.05, 0.1) is 22.7 Å². The van der Waals surface area contributed by atoms with E-state index in [-0.39, 0.29) is 29.9 Å². The van der Waals surface area contributed by atoms with Gasteiger partial charge in [-0.3, -0.25) is 9.79 Å². The van der Waals surface area contributed by atoms with Gasteiger partial charge in [-0.2, -0.15) is 14.0 Å². The Morgan fingerprint density at radius 3 is 2.87 bits per heavy atom. The number of nitrogens with one attached hydrogen (secondary N) is 1. The number of amides is 1. The molecule has 1 amide bonds. The molecule has 2 aromatic rings. The number of halogens is 2. The molecular weight excluding hydrogens is 410 g/mol. The fraction of sp³-hybridized carbons (Fsp3) is 0.333. The zero-order valence-electron chi connectivity index (χ0n) is 16.9. The number of rotatable bonds is 6. The molecule has 0 fully saturated rings. The molecule has 1 atom stereocenters. The first kappa shape index (κ1) is 22.0. The summed E-state index contributed by atoms with van der Waals surface area (Å²) in [5.74, 6) is 0.132. The molecule has 0 saturated heterocycles. The van der Waals surface area contributed by atoms with Crippen molar-refractivity contribution in [2.75, 3.05) is 13.2 Å². The molecule has 8 nitrogen and oxygen atoms in total. The summed E-state index contributed by atoms with van der Waals surface area (Å²) in [6, 6.07) is 4.26. The third kappa shape index (κ3) is 4.55. The zero-order chi connectivity index (χ0) is 22.7. The van der Waals surface area contributed by atoms with E-state index in [1.165, 1.54) is 4.57 Å². The fourth-order valence-corrected chi connectivity index (χ4v) is 3.65. The summed E-state index contributed by atoms with van der Waals surface area (Å²) in [6.07, 6.45) is -2.44. The molecule has 10 heteroatoms. The SMILES string of the molecule is CC1=NCCc2c1c(=O)n(C)c1cc(OCC(CC=C(F)F)NC(=O)O)c(C#N)cc21. The topological polar surface area (TPSA) is 117 Å². The zero-order valence-corrected chi connectivity index (χ0v) is 16.9. The molecule has 3 rings (SSSR count). The summed E-state index contributed by atoms with van der Waals surface area (Å²) < 4.78 is 31.9. The van der Waals surface area contributed by atoms with Crippen LogP contribution < -0.4 is 15.6 Å². The Balaban J connectivity index is 2.03. The Kier molecular flexibility index (Phi) is 6.34. The number of hydrogen-bond donors (Lipinski definition) is 2. The average Bonchev–Trinajstić information content (AvgIpc) is 2.72. The van der Waals surface area contributed by atoms with E-state index in [2.05, 4.69) is 10.3 Å². The normalized spacial score (nSPS) is 13.6. The smallest absolute Gasteiger partial charge is 0.405 e. The molecule has 1 aliphatic rings. The molecule has 31 heavy (non-hydrogen) atoms. The van der Waals surface area contributed by atoms with Gasteiger partial charge in [0.25, 0.3) is 11.6 Å². The van der Waals surface area contributed by atoms with E-state index in [0.717, 1.165) is 10.9 Å². The molecular formula is C21H20F2N4O4. The Bertz CT molecular complexity index is 1210. The third-order valence-electron chi connectivity index (χ3n) is 5.12. The third-order valence-corrected chi connectivity index (χ3v) is 5.12. The van der Waals surface area contributed by atoms with Crippen LogP contribution in [0.5, 0.6) is 5.75 Å². The monoisotopic (exact) mass is 430 g/mol. The van der Waals surface area contributed by atoms with Crippen molar-refractivity contribution in [2.45, 2.75) is 25.8 Å². The standard InChI is InChI=1S/C21H20F2N4O4/c1-11-19-14(5-6-25-11)15-7-12(9-24)17(8-16(15)27(2)20(19)28)31-10-13(26-21(29)30)3-4-18(22)23/h4,7-8,13,26H,3,5-6,10H2,1-2H3,(H,29,30). The first-order valence-corrected chi connectivity index (χ1v) is 9.47. The predicted molar refractivity (Wildman–Crippen MR) is 110 cm³/mol. The molecule has 0 radical (unpaired) electrons. The largest absolute Gasteiger partial charge is 0.490 e. The van der Waals surface area contributed by atoms with Crippen LogP contribution >= 0.6 is 0 Å². The number of aliphatic imine (C=N–C) groups is 1. The van der Waals surface area contributed by atoms with E-state index in [1.807, 2.05) is 6.07 Å². The Morgan fingerprint density at radius 1 is 1.48 bits per heavy atom. The molecule has 1 aromatic carbocycles. The molecule has 1 aromatic heterocycles. The summed E-state index contributed by atoms with van der Waals surface area (Å²) in [5, 5.41) is 21.4. The lowest BCUT2D eigenvalue weighted by Gasteiger charge is -2.21. The second-order valence-corrected chi connectivity index (χ2v) is 7.10. The first-order chi connectivity index (χ1) is 14.7. The van der Waals surface area contributed by atoms with Gasteiger partial charge in [0.2, 0.25) is 0 Å². The quantitative estimate of drug-likeness (QED) is 0.731. The van der Waals surface area contributed by atoms with Crippen molar-refractivity contribution in [3.05, 3.63) is 51.3 Å². The minimum atomic E-state index is -1.93. The van der Waals surface area contributed by atoms with Crippen LogP contribution in [0.1, 0.15) is 30.0 Å². The molecule has 0 spiro atoms. The number of aryl methyl sites for hydroxylation is 1. The van der Waals surface area contributed by atoms with Gasteiger partial charge >= 0.3 is 6.09 Å². The van der Waals surface area contributed by atoms with E-state index in [0.29, 0.717) is 35.8 Å². The van der Waals surface area contributed by atoms with Gasteiger partial charge in [-0.25, -0.2) is 4.79 Å². The van der Waals surface area contributed by atoms with Gasteiger partial charge in [0, 0.05) is 30.8 Å². The second-order valence-electron chi connectivity index (χ2n) is 7.10. The van der Waals surface area contributed by atoms with Gasteiger partial charge in [-0.1, -0.05) is 0 Å². The lowest BCUT2D eigenvalue weighted by molar-refractivity contribution is 0.181. The van der Waals surface area contributed by atoms with E-state index in [1.54, 1.807) is 26.1 Å². The molecule has 2 N–H and O–H groups in total. The Labute approximate surface area is 176 Å². The molecule has 162 valence electrons. The minimum absolute atomic E-state index is 0.132. The number of hydrogen-bond acceptors (Lipinski definition) is 5. The van der Waals surface area contributed by atoms with Crippen molar-refractivity contribution in [3.8, 4) is 11.8 Å². The predicted octanol–water partition coefficient (Wildman–Crippen LogP) is 2.96. The molecule has 2 heterocycles. The van der Waals surface area contributed by atoms with Crippen LogP contribution in [0.25, 0.3) is 10.9 Å². The lowest BCUT2D eigenvalue weighted by atomic mass is 9.94. The summed E-state index contributed by atoms with van der Waals surface area (Å²) in [6.45, 7) is 2.04. The van der Waals surface area contributed by atoms with E-state index < -0.39 is 18.2 Å². The maximum Gasteiger partial charge on any atom is 0.405 e. The van der Waals surface area contributed by atoms with Crippen LogP contribution in [0.3, 0.4) is 0 Å². The number of aromatic nitrogens is 1. The van der Waals surface area contributed by atoms with Gasteiger partial charge < -0.3 is 19.7 Å². The maximum absolute atomic E-state index is 12.9. The maximum atomic E-state index is 12.9. The van der Waals surface area contributed by atoms with Crippen LogP contribution in [0.4, 0.5) is 13.6 Å². The van der Waals surface area contributed by atoms with Gasteiger partial charge in [0.15, 0.2) is 0 Å². The summed E-state index contributed by atoms with van der Waals surface area (Å²) in [4.78, 5) is 28.1. The number of carbonyl (C=O) groups is 1. The highest BCUT2D eigenvalue weighted by molar-refractivity contribution is 6.04. The molecule has 0 aliphatic carbocycles. The first-order valence-electron chi connectivity index (χ1n) is 9.47. The van der Waals surface area contributed by atoms with Crippen molar-refractivity contribution in [1.82, 2.24) is 9.88 Å². The van der Waals surface area contributed by atoms with Crippen molar-refractivity contribution >= 4 is 22.7 Å². The van der Waals surface area contributed by atoms with Crippen LogP contribution in [0.2, 0.25) is 0 Å². The van der Waals surface area contributed by atoms with Crippen molar-refractivity contribution in [3.63, 3.8) is 0 Å². The number of nitriles is 1. The number of fused-ring (bicyclic) bond motifs is 3. The number of carboxylic acid groups (broad SMARTS) is 1. The van der Waals surface area contributed by atoms with Crippen LogP contribution in [-0.4, -0.2) is 40.7 Å². The summed E-state index contributed by atoms with van der Waals surface area (Å²) in [7, 11) is 1.60. The lowest BCUT2D eigenvalue weighted by Crippen LogP contribution is -2.38. The highest BCUT2D eigenvalue weighted by atomic mass is 19.3. The van der Waals surface area contributed by atoms with Crippen LogP contribution in [0, 0.1) is 11.3 Å². The number of benzene rings is 1. The van der Waals surface area contributed by atoms with Crippen LogP contribution in [-0.2, 0) is 13.5 Å². The number of pyridine rings is 1. The minimum Gasteiger partial charge on any atom is -0.490 e. The Hall–Kier alpha value is -3.74. The van der Waals surface area contributed by atoms with Crippen molar-refractivity contribution in [1.29, 1.82) is 5.26 Å². The average molecular weight is 430 g/mol. The van der Waals surface area contributed by atoms with Crippen molar-refractivity contribution < 1.29 is 23.4 Å². The van der Waals surface area contributed by atoms with Crippen molar-refractivity contribution in [2.24, 2.45) is 12.0 Å². The molecule has 0 bridgehead atoms. The highest BCUT2D eigenvalue weighted by Gasteiger charge is 2.22. The fourth-order valence-electron chi connectivity index (χ4n) is 3.65. The summed E-state index contributed by atoms with van der Waals surface area (Å²) >= 11 is 0. The molecule has 1 aliphatic heterocycles. The van der Waals surface area contributed by atoms with Gasteiger partial charge in [-0.05, 0) is 37.5 Å². The van der Waals surface area contributed by atoms with E-state index >= 15 is 0 Å². The van der Waals surface area contributed by atoms with Gasteiger partial charge in [-0.15, -0.1) is 0 Å². The second kappa shape index (κ2) is 8.95. The van der Waals surface area contributed by atoms with Gasteiger partial charge in [0.1, 0.15) is 18.4 Å². The Morgan fingerprint density at radius 2 is 2.23 bits per heavy atom. The number of nitrogens with zero attached hydrogens (tertiary/aromatic N) is 3.